The fourth-order valence-electron chi connectivity index (χ4n) is 3.52. The second kappa shape index (κ2) is 10.7. The normalized spacial score (nSPS) is 15.8. The van der Waals surface area contributed by atoms with Crippen LogP contribution in [-0.4, -0.2) is 54.8 Å². The Hall–Kier alpha value is -3.03. The van der Waals surface area contributed by atoms with Crippen LogP contribution in [0, 0.1) is 18.3 Å². The van der Waals surface area contributed by atoms with Gasteiger partial charge in [-0.1, -0.05) is 23.8 Å². The van der Waals surface area contributed by atoms with Crippen molar-refractivity contribution in [3.8, 4) is 11.8 Å². The smallest absolute Gasteiger partial charge is 0.273 e. The number of aryl methyl sites for hydroxylation is 1. The highest BCUT2D eigenvalue weighted by Crippen LogP contribution is 2.10. The summed E-state index contributed by atoms with van der Waals surface area (Å²) in [5.74, 6) is -0.476. The van der Waals surface area contributed by atoms with Crippen molar-refractivity contribution in [2.24, 2.45) is 0 Å². The first-order valence-electron chi connectivity index (χ1n) is 10.6. The van der Waals surface area contributed by atoms with Crippen molar-refractivity contribution in [3.05, 3.63) is 71.8 Å². The molecule has 3 aromatic rings. The van der Waals surface area contributed by atoms with Gasteiger partial charge < -0.3 is 10.1 Å². The molecule has 1 N–H and O–H groups in total. The number of ether oxygens (including phenoxy) is 1. The number of nitrogens with zero attached hydrogens (tertiary/aromatic N) is 3. The molecule has 170 valence electrons. The molecule has 33 heavy (non-hydrogen) atoms. The summed E-state index contributed by atoms with van der Waals surface area (Å²) in [6, 6.07) is 13.3. The molecule has 9 heteroatoms. The second-order valence-electron chi connectivity index (χ2n) is 7.60. The van der Waals surface area contributed by atoms with Crippen LogP contribution in [0.25, 0.3) is 17.3 Å². The van der Waals surface area contributed by atoms with Gasteiger partial charge in [-0.3, -0.25) is 19.1 Å². The van der Waals surface area contributed by atoms with E-state index in [1.165, 1.54) is 15.9 Å². The second-order valence-corrected chi connectivity index (χ2v) is 9.61. The van der Waals surface area contributed by atoms with Crippen LogP contribution in [0.15, 0.2) is 46.6 Å². The van der Waals surface area contributed by atoms with Gasteiger partial charge in [-0.15, -0.1) is 22.7 Å². The number of carbonyl (C=O) groups is 1. The van der Waals surface area contributed by atoms with E-state index in [4.69, 9.17) is 4.74 Å². The molecular formula is C24H24N4O3S2. The van der Waals surface area contributed by atoms with Gasteiger partial charge in [-0.05, 0) is 36.6 Å². The number of hydrogen-bond acceptors (Lipinski definition) is 7. The van der Waals surface area contributed by atoms with Gasteiger partial charge in [-0.25, -0.2) is 0 Å². The number of thiophene rings is 1. The number of aromatic nitrogens is 1. The summed E-state index contributed by atoms with van der Waals surface area (Å²) in [5, 5.41) is 14.7. The van der Waals surface area contributed by atoms with E-state index in [9.17, 15) is 14.9 Å². The quantitative estimate of drug-likeness (QED) is 0.573. The summed E-state index contributed by atoms with van der Waals surface area (Å²) in [5.41, 5.74) is 1.36. The van der Waals surface area contributed by atoms with Crippen LogP contribution in [0.3, 0.4) is 0 Å². The molecule has 1 fully saturated rings. The molecule has 0 atom stereocenters. The van der Waals surface area contributed by atoms with Gasteiger partial charge in [-0.2, -0.15) is 5.26 Å². The van der Waals surface area contributed by atoms with Crippen LogP contribution in [0.1, 0.15) is 10.4 Å². The molecule has 7 nitrogen and oxygen atoms in total. The Morgan fingerprint density at radius 2 is 2.00 bits per heavy atom. The maximum absolute atomic E-state index is 13.3. The van der Waals surface area contributed by atoms with Crippen LogP contribution in [0.5, 0.6) is 0 Å². The molecule has 4 rings (SSSR count). The SMILES string of the molecule is Cc1ccc(-n2c(=O)/c(=C/c3cccs3)s/c2=C(/C#N)C(=O)NCCN2CCOCC2)cc1. The van der Waals surface area contributed by atoms with Crippen molar-refractivity contribution in [3.63, 3.8) is 0 Å². The number of amides is 1. The first-order valence-corrected chi connectivity index (χ1v) is 12.3. The maximum atomic E-state index is 13.3. The van der Waals surface area contributed by atoms with Gasteiger partial charge in [0.15, 0.2) is 5.57 Å². The zero-order valence-electron chi connectivity index (χ0n) is 18.2. The molecule has 0 radical (unpaired) electrons. The number of nitrogens with one attached hydrogen (secondary N) is 1. The third-order valence-corrected chi connectivity index (χ3v) is 7.21. The molecule has 0 unspecified atom stereocenters. The van der Waals surface area contributed by atoms with E-state index in [0.717, 1.165) is 34.9 Å². The van der Waals surface area contributed by atoms with Crippen molar-refractivity contribution in [2.75, 3.05) is 39.4 Å². The van der Waals surface area contributed by atoms with E-state index >= 15 is 0 Å². The molecule has 1 aliphatic rings. The summed E-state index contributed by atoms with van der Waals surface area (Å²) in [4.78, 5) is 29.4. The molecule has 3 heterocycles. The third kappa shape index (κ3) is 5.49. The van der Waals surface area contributed by atoms with E-state index in [2.05, 4.69) is 10.2 Å². The summed E-state index contributed by atoms with van der Waals surface area (Å²) < 4.78 is 7.61. The van der Waals surface area contributed by atoms with Gasteiger partial charge in [0.25, 0.3) is 11.5 Å². The topological polar surface area (TPSA) is 87.4 Å². The first-order chi connectivity index (χ1) is 16.1. The van der Waals surface area contributed by atoms with E-state index < -0.39 is 5.91 Å². The molecule has 0 spiro atoms. The van der Waals surface area contributed by atoms with Crippen LogP contribution in [-0.2, 0) is 9.53 Å². The Balaban J connectivity index is 1.74. The fourth-order valence-corrected chi connectivity index (χ4v) is 5.34. The van der Waals surface area contributed by atoms with Gasteiger partial charge in [0.1, 0.15) is 10.7 Å². The van der Waals surface area contributed by atoms with E-state index in [1.807, 2.05) is 54.8 Å². The number of morpholine rings is 1. The molecule has 0 bridgehead atoms. The highest BCUT2D eigenvalue weighted by atomic mass is 32.1. The Bertz CT molecular complexity index is 1330. The molecule has 1 aromatic carbocycles. The van der Waals surface area contributed by atoms with Crippen molar-refractivity contribution < 1.29 is 9.53 Å². The van der Waals surface area contributed by atoms with Crippen LogP contribution in [0.4, 0.5) is 0 Å². The van der Waals surface area contributed by atoms with Crippen molar-refractivity contribution in [2.45, 2.75) is 6.92 Å². The van der Waals surface area contributed by atoms with Gasteiger partial charge >= 0.3 is 0 Å². The molecule has 0 saturated carbocycles. The average molecular weight is 481 g/mol. The van der Waals surface area contributed by atoms with Crippen LogP contribution < -0.4 is 20.1 Å². The summed E-state index contributed by atoms with van der Waals surface area (Å²) >= 11 is 2.68. The Morgan fingerprint density at radius 1 is 1.24 bits per heavy atom. The number of carbonyl (C=O) groups excluding carboxylic acids is 1. The lowest BCUT2D eigenvalue weighted by Crippen LogP contribution is -2.42. The lowest BCUT2D eigenvalue weighted by atomic mass is 10.2. The number of benzene rings is 1. The van der Waals surface area contributed by atoms with Crippen molar-refractivity contribution >= 4 is 40.2 Å². The number of hydrogen-bond donors (Lipinski definition) is 1. The van der Waals surface area contributed by atoms with E-state index in [-0.39, 0.29) is 11.1 Å². The van der Waals surface area contributed by atoms with Crippen LogP contribution >= 0.6 is 22.7 Å². The largest absolute Gasteiger partial charge is 0.379 e. The first kappa shape index (κ1) is 23.1. The van der Waals surface area contributed by atoms with Gasteiger partial charge in [0, 0.05) is 31.1 Å². The standard InChI is InChI=1S/C24H24N4O3S2/c1-17-4-6-18(7-5-17)28-23(30)21(15-19-3-2-14-32-19)33-24(28)20(16-25)22(29)26-8-9-27-10-12-31-13-11-27/h2-7,14-15H,8-13H2,1H3,(H,26,29)/b21-15-,24-20-. The Kier molecular flexibility index (Phi) is 7.52. The zero-order valence-corrected chi connectivity index (χ0v) is 19.9. The predicted octanol–water partition coefficient (Wildman–Crippen LogP) is 1.22. The lowest BCUT2D eigenvalue weighted by molar-refractivity contribution is -0.115. The monoisotopic (exact) mass is 480 g/mol. The molecule has 1 amide bonds. The van der Waals surface area contributed by atoms with E-state index in [0.29, 0.717) is 41.2 Å². The minimum absolute atomic E-state index is 0.0644. The van der Waals surface area contributed by atoms with E-state index in [1.54, 1.807) is 6.08 Å². The molecular weight excluding hydrogens is 456 g/mol. The summed E-state index contributed by atoms with van der Waals surface area (Å²) in [6.45, 7) is 6.08. The predicted molar refractivity (Wildman–Crippen MR) is 131 cm³/mol. The minimum atomic E-state index is -0.476. The number of rotatable bonds is 6. The number of nitriles is 1. The average Bonchev–Trinajstić information content (AvgIpc) is 3.44. The number of thiazole rings is 1. The zero-order chi connectivity index (χ0) is 23.2. The third-order valence-electron chi connectivity index (χ3n) is 5.30. The van der Waals surface area contributed by atoms with Crippen molar-refractivity contribution in [1.29, 1.82) is 5.26 Å². The Morgan fingerprint density at radius 3 is 2.67 bits per heavy atom. The Labute approximate surface area is 199 Å². The van der Waals surface area contributed by atoms with Gasteiger partial charge in [0.2, 0.25) is 0 Å². The van der Waals surface area contributed by atoms with Gasteiger partial charge in [0.05, 0.1) is 23.4 Å². The summed E-state index contributed by atoms with van der Waals surface area (Å²) in [7, 11) is 0. The summed E-state index contributed by atoms with van der Waals surface area (Å²) in [6.07, 6.45) is 1.80. The molecule has 1 aliphatic heterocycles. The minimum Gasteiger partial charge on any atom is -0.379 e. The highest BCUT2D eigenvalue weighted by molar-refractivity contribution is 7.11. The van der Waals surface area contributed by atoms with Crippen molar-refractivity contribution in [1.82, 2.24) is 14.8 Å². The molecule has 0 aliphatic carbocycles. The lowest BCUT2D eigenvalue weighted by Gasteiger charge is -2.26. The molecule has 1 saturated heterocycles. The fraction of sp³-hybridized carbons (Fsp3) is 0.292. The highest BCUT2D eigenvalue weighted by Gasteiger charge is 2.17. The molecule has 2 aromatic heterocycles. The maximum Gasteiger partial charge on any atom is 0.273 e. The van der Waals surface area contributed by atoms with Crippen LogP contribution in [0.2, 0.25) is 0 Å².